The van der Waals surface area contributed by atoms with Crippen LogP contribution in [0.25, 0.3) is 0 Å². The summed E-state index contributed by atoms with van der Waals surface area (Å²) in [7, 11) is 0. The van der Waals surface area contributed by atoms with Crippen molar-refractivity contribution in [3.8, 4) is 5.75 Å². The third-order valence-electron chi connectivity index (χ3n) is 2.92. The molecule has 3 nitrogen and oxygen atoms in total. The first-order valence-electron chi connectivity index (χ1n) is 5.85. The number of hydrogen-bond donors (Lipinski definition) is 2. The maximum atomic E-state index is 13.6. The Kier molecular flexibility index (Phi) is 3.51. The molecule has 2 aromatic rings. The molecule has 0 bridgehead atoms. The largest absolute Gasteiger partial charge is 0.508 e. The molecule has 2 rings (SSSR count). The van der Waals surface area contributed by atoms with Crippen molar-refractivity contribution in [3.63, 3.8) is 0 Å². The van der Waals surface area contributed by atoms with Crippen LogP contribution in [-0.2, 0) is 0 Å². The molecule has 1 amide bonds. The topological polar surface area (TPSA) is 49.3 Å². The fourth-order valence-corrected chi connectivity index (χ4v) is 1.79. The molecule has 0 saturated heterocycles. The van der Waals surface area contributed by atoms with Crippen molar-refractivity contribution < 1.29 is 14.3 Å². The van der Waals surface area contributed by atoms with Crippen LogP contribution in [-0.4, -0.2) is 11.0 Å². The van der Waals surface area contributed by atoms with E-state index in [2.05, 4.69) is 5.32 Å². The summed E-state index contributed by atoms with van der Waals surface area (Å²) in [6.07, 6.45) is 0. The lowest BCUT2D eigenvalue weighted by atomic mass is 10.1. The van der Waals surface area contributed by atoms with E-state index in [9.17, 15) is 14.3 Å². The van der Waals surface area contributed by atoms with Crippen LogP contribution in [0.5, 0.6) is 5.75 Å². The van der Waals surface area contributed by atoms with Crippen LogP contribution in [0.1, 0.15) is 21.5 Å². The molecule has 0 fully saturated rings. The zero-order valence-corrected chi connectivity index (χ0v) is 10.7. The molecule has 2 N–H and O–H groups in total. The molecule has 0 atom stereocenters. The molecule has 0 spiro atoms. The minimum absolute atomic E-state index is 0.0392. The van der Waals surface area contributed by atoms with Gasteiger partial charge in [-0.2, -0.15) is 0 Å². The SMILES string of the molecule is Cc1ccc(F)c(NC(=O)c2cccc(O)c2C)c1. The summed E-state index contributed by atoms with van der Waals surface area (Å²) in [5.41, 5.74) is 1.77. The van der Waals surface area contributed by atoms with E-state index < -0.39 is 11.7 Å². The second kappa shape index (κ2) is 5.10. The van der Waals surface area contributed by atoms with Crippen molar-refractivity contribution in [2.75, 3.05) is 5.32 Å². The van der Waals surface area contributed by atoms with Gasteiger partial charge in [0.25, 0.3) is 5.91 Å². The van der Waals surface area contributed by atoms with Crippen LogP contribution in [0.15, 0.2) is 36.4 Å². The number of phenolic OH excluding ortho intramolecular Hbond substituents is 1. The number of amides is 1. The zero-order valence-electron chi connectivity index (χ0n) is 10.7. The number of benzene rings is 2. The average Bonchev–Trinajstić information content (AvgIpc) is 2.37. The maximum Gasteiger partial charge on any atom is 0.256 e. The number of anilines is 1. The van der Waals surface area contributed by atoms with Crippen LogP contribution in [0, 0.1) is 19.7 Å². The Balaban J connectivity index is 2.31. The number of rotatable bonds is 2. The van der Waals surface area contributed by atoms with Crippen LogP contribution >= 0.6 is 0 Å². The Morgan fingerprint density at radius 3 is 2.68 bits per heavy atom. The highest BCUT2D eigenvalue weighted by atomic mass is 19.1. The summed E-state index contributed by atoms with van der Waals surface area (Å²) in [5, 5.41) is 12.1. The number of phenols is 1. The van der Waals surface area contributed by atoms with Gasteiger partial charge >= 0.3 is 0 Å². The molecule has 0 aliphatic rings. The summed E-state index contributed by atoms with van der Waals surface area (Å²) >= 11 is 0. The second-order valence-corrected chi connectivity index (χ2v) is 4.39. The zero-order chi connectivity index (χ0) is 14.0. The van der Waals surface area contributed by atoms with Crippen LogP contribution in [0.3, 0.4) is 0 Å². The van der Waals surface area contributed by atoms with Crippen molar-refractivity contribution in [2.45, 2.75) is 13.8 Å². The van der Waals surface area contributed by atoms with Crippen LogP contribution < -0.4 is 5.32 Å². The van der Waals surface area contributed by atoms with Gasteiger partial charge in [0.15, 0.2) is 0 Å². The molecule has 0 aliphatic heterocycles. The number of aryl methyl sites for hydroxylation is 1. The first kappa shape index (κ1) is 13.1. The summed E-state index contributed by atoms with van der Waals surface area (Å²) in [4.78, 5) is 12.1. The van der Waals surface area contributed by atoms with Gasteiger partial charge in [0.05, 0.1) is 5.69 Å². The molecular weight excluding hydrogens is 245 g/mol. The van der Waals surface area contributed by atoms with E-state index in [0.29, 0.717) is 11.1 Å². The predicted octanol–water partition coefficient (Wildman–Crippen LogP) is 3.40. The van der Waals surface area contributed by atoms with Gasteiger partial charge in [-0.25, -0.2) is 4.39 Å². The molecule has 0 radical (unpaired) electrons. The van der Waals surface area contributed by atoms with Crippen molar-refractivity contribution in [1.29, 1.82) is 0 Å². The number of halogens is 1. The van der Waals surface area contributed by atoms with E-state index in [-0.39, 0.29) is 11.4 Å². The number of carbonyl (C=O) groups excluding carboxylic acids is 1. The van der Waals surface area contributed by atoms with Gasteiger partial charge in [-0.15, -0.1) is 0 Å². The Labute approximate surface area is 110 Å². The lowest BCUT2D eigenvalue weighted by Gasteiger charge is -2.10. The third kappa shape index (κ3) is 2.73. The lowest BCUT2D eigenvalue weighted by Crippen LogP contribution is -2.14. The minimum atomic E-state index is -0.489. The average molecular weight is 259 g/mol. The fraction of sp³-hybridized carbons (Fsp3) is 0.133. The summed E-state index contributed by atoms with van der Waals surface area (Å²) < 4.78 is 13.6. The van der Waals surface area contributed by atoms with Gasteiger partial charge in [0.2, 0.25) is 0 Å². The van der Waals surface area contributed by atoms with Crippen molar-refractivity contribution >= 4 is 11.6 Å². The van der Waals surface area contributed by atoms with Gasteiger partial charge in [-0.1, -0.05) is 12.1 Å². The number of nitrogens with one attached hydrogen (secondary N) is 1. The Morgan fingerprint density at radius 2 is 1.95 bits per heavy atom. The van der Waals surface area contributed by atoms with E-state index in [1.165, 1.54) is 12.1 Å². The fourth-order valence-electron chi connectivity index (χ4n) is 1.79. The summed E-state index contributed by atoms with van der Waals surface area (Å²) in [5.74, 6) is -0.896. The first-order chi connectivity index (χ1) is 8.99. The Bertz CT molecular complexity index is 638. The standard InChI is InChI=1S/C15H14FNO2/c1-9-6-7-12(16)13(8-9)17-15(19)11-4-3-5-14(18)10(11)2/h3-8,18H,1-2H3,(H,17,19). The third-order valence-corrected chi connectivity index (χ3v) is 2.92. The van der Waals surface area contributed by atoms with E-state index in [1.54, 1.807) is 31.2 Å². The Morgan fingerprint density at radius 1 is 1.21 bits per heavy atom. The molecule has 0 heterocycles. The summed E-state index contributed by atoms with van der Waals surface area (Å²) in [6.45, 7) is 3.45. The molecule has 98 valence electrons. The second-order valence-electron chi connectivity index (χ2n) is 4.39. The maximum absolute atomic E-state index is 13.6. The smallest absolute Gasteiger partial charge is 0.256 e. The Hall–Kier alpha value is -2.36. The molecule has 0 aliphatic carbocycles. The van der Waals surface area contributed by atoms with E-state index >= 15 is 0 Å². The van der Waals surface area contributed by atoms with E-state index in [4.69, 9.17) is 0 Å². The highest BCUT2D eigenvalue weighted by Gasteiger charge is 2.13. The van der Waals surface area contributed by atoms with Crippen molar-refractivity contribution in [3.05, 3.63) is 58.9 Å². The van der Waals surface area contributed by atoms with E-state index in [1.807, 2.05) is 6.92 Å². The van der Waals surface area contributed by atoms with E-state index in [0.717, 1.165) is 5.56 Å². The molecule has 19 heavy (non-hydrogen) atoms. The van der Waals surface area contributed by atoms with Gasteiger partial charge in [-0.05, 0) is 43.7 Å². The highest BCUT2D eigenvalue weighted by molar-refractivity contribution is 6.05. The molecule has 4 heteroatoms. The normalized spacial score (nSPS) is 10.3. The highest BCUT2D eigenvalue weighted by Crippen LogP contribution is 2.22. The van der Waals surface area contributed by atoms with Crippen molar-refractivity contribution in [1.82, 2.24) is 0 Å². The number of aromatic hydroxyl groups is 1. The quantitative estimate of drug-likeness (QED) is 0.868. The number of hydrogen-bond acceptors (Lipinski definition) is 2. The van der Waals surface area contributed by atoms with Gasteiger partial charge in [0, 0.05) is 11.1 Å². The van der Waals surface area contributed by atoms with Gasteiger partial charge < -0.3 is 10.4 Å². The van der Waals surface area contributed by atoms with Gasteiger partial charge in [-0.3, -0.25) is 4.79 Å². The first-order valence-corrected chi connectivity index (χ1v) is 5.85. The van der Waals surface area contributed by atoms with Crippen LogP contribution in [0.4, 0.5) is 10.1 Å². The van der Waals surface area contributed by atoms with Gasteiger partial charge in [0.1, 0.15) is 11.6 Å². The molecule has 2 aromatic carbocycles. The molecule has 0 saturated carbocycles. The number of carbonyl (C=O) groups is 1. The lowest BCUT2D eigenvalue weighted by molar-refractivity contribution is 0.102. The molecule has 0 unspecified atom stereocenters. The van der Waals surface area contributed by atoms with Crippen LogP contribution in [0.2, 0.25) is 0 Å². The van der Waals surface area contributed by atoms with Crippen molar-refractivity contribution in [2.24, 2.45) is 0 Å². The molecule has 0 aromatic heterocycles. The monoisotopic (exact) mass is 259 g/mol. The molecular formula is C15H14FNO2. The minimum Gasteiger partial charge on any atom is -0.508 e. The predicted molar refractivity (Wildman–Crippen MR) is 71.9 cm³/mol. The summed E-state index contributed by atoms with van der Waals surface area (Å²) in [6, 6.07) is 9.15.